The summed E-state index contributed by atoms with van der Waals surface area (Å²) in [4.78, 5) is 10.9. The minimum absolute atomic E-state index is 0.255. The van der Waals surface area contributed by atoms with Crippen LogP contribution < -0.4 is 5.73 Å². The number of carboxylic acid groups (broad SMARTS) is 1. The van der Waals surface area contributed by atoms with Gasteiger partial charge in [0.15, 0.2) is 0 Å². The number of ether oxygens (including phenoxy) is 1. The molecule has 0 aromatic rings. The van der Waals surface area contributed by atoms with Crippen LogP contribution in [0.1, 0.15) is 13.3 Å². The van der Waals surface area contributed by atoms with E-state index in [2.05, 4.69) is 0 Å². The second-order valence-electron chi connectivity index (χ2n) is 4.60. The average molecular weight is 265 g/mol. The van der Waals surface area contributed by atoms with Crippen LogP contribution in [0.15, 0.2) is 0 Å². The van der Waals surface area contributed by atoms with Crippen LogP contribution in [0.2, 0.25) is 0 Å². The molecule has 1 aliphatic rings. The van der Waals surface area contributed by atoms with E-state index in [1.165, 1.54) is 6.92 Å². The lowest BCUT2D eigenvalue weighted by Crippen LogP contribution is -2.60. The van der Waals surface area contributed by atoms with Crippen LogP contribution in [-0.2, 0) is 9.53 Å². The Hall–Kier alpha value is -0.770. The van der Waals surface area contributed by atoms with Crippen LogP contribution in [0, 0.1) is 5.92 Å². The molecule has 0 radical (unpaired) electrons. The lowest BCUT2D eigenvalue weighted by atomic mass is 9.84. The van der Waals surface area contributed by atoms with Crippen molar-refractivity contribution in [1.29, 1.82) is 0 Å². The fourth-order valence-corrected chi connectivity index (χ4v) is 1.95. The van der Waals surface area contributed by atoms with E-state index in [1.807, 2.05) is 0 Å². The predicted molar refractivity (Wildman–Crippen MR) is 58.3 cm³/mol. The van der Waals surface area contributed by atoms with E-state index in [0.717, 1.165) is 0 Å². The third-order valence-electron chi connectivity index (χ3n) is 3.25. The number of rotatable bonds is 4. The third-order valence-corrected chi connectivity index (χ3v) is 3.25. The van der Waals surface area contributed by atoms with E-state index in [-0.39, 0.29) is 6.54 Å². The van der Waals surface area contributed by atoms with Gasteiger partial charge in [0.25, 0.3) is 5.79 Å². The molecule has 106 valence electrons. The number of hydrogen-bond acceptors (Lipinski definition) is 7. The van der Waals surface area contributed by atoms with Gasteiger partial charge in [0.2, 0.25) is 0 Å². The van der Waals surface area contributed by atoms with Crippen molar-refractivity contribution in [3.05, 3.63) is 0 Å². The molecule has 1 heterocycles. The van der Waals surface area contributed by atoms with E-state index < -0.39 is 48.5 Å². The van der Waals surface area contributed by atoms with Crippen molar-refractivity contribution >= 4 is 5.97 Å². The molecule has 2 unspecified atom stereocenters. The summed E-state index contributed by atoms with van der Waals surface area (Å²) in [7, 11) is 0. The van der Waals surface area contributed by atoms with Gasteiger partial charge >= 0.3 is 5.97 Å². The zero-order valence-electron chi connectivity index (χ0n) is 9.93. The summed E-state index contributed by atoms with van der Waals surface area (Å²) in [6.07, 6.45) is -5.74. The van der Waals surface area contributed by atoms with Gasteiger partial charge in [-0.3, -0.25) is 0 Å². The van der Waals surface area contributed by atoms with Crippen molar-refractivity contribution in [2.24, 2.45) is 11.7 Å². The highest BCUT2D eigenvalue weighted by Gasteiger charge is 2.51. The Bertz CT molecular complexity index is 313. The number of nitrogens with two attached hydrogens (primary N) is 1. The van der Waals surface area contributed by atoms with Crippen LogP contribution in [0.25, 0.3) is 0 Å². The first-order chi connectivity index (χ1) is 8.23. The Morgan fingerprint density at radius 3 is 2.56 bits per heavy atom. The van der Waals surface area contributed by atoms with E-state index in [0.29, 0.717) is 0 Å². The molecule has 8 nitrogen and oxygen atoms in total. The Morgan fingerprint density at radius 1 is 1.56 bits per heavy atom. The zero-order chi connectivity index (χ0) is 14.1. The van der Waals surface area contributed by atoms with Gasteiger partial charge in [0.1, 0.15) is 6.10 Å². The second kappa shape index (κ2) is 5.47. The van der Waals surface area contributed by atoms with Crippen molar-refractivity contribution in [3.8, 4) is 0 Å². The number of hydrogen-bond donors (Lipinski definition) is 6. The highest BCUT2D eigenvalue weighted by atomic mass is 16.7. The summed E-state index contributed by atoms with van der Waals surface area (Å²) in [5.41, 5.74) is 5.18. The Balaban J connectivity index is 2.92. The number of aliphatic hydroxyl groups is 4. The highest BCUT2D eigenvalue weighted by Crippen LogP contribution is 2.33. The molecule has 6 atom stereocenters. The van der Waals surface area contributed by atoms with Crippen molar-refractivity contribution in [2.45, 2.75) is 43.5 Å². The first-order valence-corrected chi connectivity index (χ1v) is 5.60. The largest absolute Gasteiger partial charge is 0.477 e. The molecular weight excluding hydrogens is 246 g/mol. The smallest absolute Gasteiger partial charge is 0.364 e. The Labute approximate surface area is 104 Å². The van der Waals surface area contributed by atoms with Crippen LogP contribution in [0.5, 0.6) is 0 Å². The van der Waals surface area contributed by atoms with Crippen molar-refractivity contribution in [3.63, 3.8) is 0 Å². The van der Waals surface area contributed by atoms with Crippen LogP contribution in [0.3, 0.4) is 0 Å². The molecule has 1 aliphatic heterocycles. The van der Waals surface area contributed by atoms with Crippen LogP contribution in [-0.4, -0.2) is 68.2 Å². The maximum Gasteiger partial charge on any atom is 0.364 e. The molecule has 8 heteroatoms. The molecule has 7 N–H and O–H groups in total. The molecule has 0 aliphatic carbocycles. The molecule has 18 heavy (non-hydrogen) atoms. The summed E-state index contributed by atoms with van der Waals surface area (Å²) < 4.78 is 4.93. The highest BCUT2D eigenvalue weighted by molar-refractivity contribution is 5.75. The first kappa shape index (κ1) is 15.3. The van der Waals surface area contributed by atoms with Gasteiger partial charge in [-0.15, -0.1) is 0 Å². The Kier molecular flexibility index (Phi) is 4.65. The van der Waals surface area contributed by atoms with E-state index in [9.17, 15) is 25.2 Å². The second-order valence-corrected chi connectivity index (χ2v) is 4.60. The summed E-state index contributed by atoms with van der Waals surface area (Å²) in [6, 6.07) is 0. The van der Waals surface area contributed by atoms with Crippen LogP contribution >= 0.6 is 0 Å². The minimum atomic E-state index is -2.58. The van der Waals surface area contributed by atoms with Gasteiger partial charge in [-0.25, -0.2) is 4.79 Å². The number of aliphatic hydroxyl groups excluding tert-OH is 3. The van der Waals surface area contributed by atoms with Gasteiger partial charge < -0.3 is 36.0 Å². The van der Waals surface area contributed by atoms with Gasteiger partial charge in [-0.2, -0.15) is 0 Å². The zero-order valence-corrected chi connectivity index (χ0v) is 9.93. The SMILES string of the molecule is C[C@H]1C([C@H](O)[C@H](O)CN)OC(O)(C(=O)O)C[C@H]1O. The average Bonchev–Trinajstić information content (AvgIpc) is 2.31. The lowest BCUT2D eigenvalue weighted by Gasteiger charge is -2.43. The molecular formula is C10H19NO7. The molecule has 1 fully saturated rings. The first-order valence-electron chi connectivity index (χ1n) is 5.60. The summed E-state index contributed by atoms with van der Waals surface area (Å²) in [5.74, 6) is -4.89. The fourth-order valence-electron chi connectivity index (χ4n) is 1.95. The molecule has 0 aromatic carbocycles. The van der Waals surface area contributed by atoms with E-state index in [4.69, 9.17) is 15.6 Å². The van der Waals surface area contributed by atoms with E-state index >= 15 is 0 Å². The number of aliphatic carboxylic acids is 1. The van der Waals surface area contributed by atoms with E-state index in [1.54, 1.807) is 0 Å². The summed E-state index contributed by atoms with van der Waals surface area (Å²) in [5, 5.41) is 47.5. The molecule has 0 saturated carbocycles. The summed E-state index contributed by atoms with van der Waals surface area (Å²) in [6.45, 7) is 1.26. The quantitative estimate of drug-likeness (QED) is 0.319. The van der Waals surface area contributed by atoms with Crippen molar-refractivity contribution in [2.75, 3.05) is 6.54 Å². The molecule has 1 saturated heterocycles. The molecule has 0 aromatic heterocycles. The third kappa shape index (κ3) is 2.79. The number of carbonyl (C=O) groups is 1. The standard InChI is InChI=1S/C10H19NO7/c1-4-5(12)2-10(17,9(15)16)18-8(4)7(14)6(13)3-11/h4-8,12-14,17H,2-3,11H2,1H3,(H,15,16)/t4-,5-,6-,7-,8?,10?/m1/s1. The monoisotopic (exact) mass is 265 g/mol. The maximum absolute atomic E-state index is 10.9. The van der Waals surface area contributed by atoms with Gasteiger partial charge in [-0.05, 0) is 0 Å². The van der Waals surface area contributed by atoms with Crippen molar-refractivity contribution in [1.82, 2.24) is 0 Å². The van der Waals surface area contributed by atoms with Crippen LogP contribution in [0.4, 0.5) is 0 Å². The summed E-state index contributed by atoms with van der Waals surface area (Å²) >= 11 is 0. The lowest BCUT2D eigenvalue weighted by molar-refractivity contribution is -0.301. The van der Waals surface area contributed by atoms with Gasteiger partial charge in [0, 0.05) is 18.9 Å². The molecule has 1 rings (SSSR count). The Morgan fingerprint density at radius 2 is 2.11 bits per heavy atom. The maximum atomic E-state index is 10.9. The topological polar surface area (TPSA) is 153 Å². The molecule has 0 spiro atoms. The normalized spacial score (nSPS) is 40.2. The van der Waals surface area contributed by atoms with Crippen molar-refractivity contribution < 1.29 is 35.1 Å². The van der Waals surface area contributed by atoms with Gasteiger partial charge in [0.05, 0.1) is 18.3 Å². The van der Waals surface area contributed by atoms with Gasteiger partial charge in [-0.1, -0.05) is 6.92 Å². The molecule has 0 bridgehead atoms. The number of carboxylic acids is 1. The minimum Gasteiger partial charge on any atom is -0.477 e. The molecule has 0 amide bonds. The predicted octanol–water partition coefficient (Wildman–Crippen LogP) is -2.77. The fraction of sp³-hybridized carbons (Fsp3) is 0.900.